The first-order chi connectivity index (χ1) is 13.6. The molecule has 4 rings (SSSR count). The van der Waals surface area contributed by atoms with E-state index in [2.05, 4.69) is 20.4 Å². The SMILES string of the molecule is CN(Cc1nc(-c2ccncc2)no1)C(=O)C1(Cc2ccccc2F)CNC1. The molecule has 1 aromatic carbocycles. The van der Waals surface area contributed by atoms with Crippen LogP contribution >= 0.6 is 0 Å². The van der Waals surface area contributed by atoms with Gasteiger partial charge >= 0.3 is 0 Å². The quantitative estimate of drug-likeness (QED) is 0.704. The summed E-state index contributed by atoms with van der Waals surface area (Å²) in [6, 6.07) is 10.1. The Morgan fingerprint density at radius 3 is 2.68 bits per heavy atom. The van der Waals surface area contributed by atoms with Crippen LogP contribution in [0.4, 0.5) is 4.39 Å². The Bertz CT molecular complexity index is 971. The Labute approximate surface area is 161 Å². The number of rotatable bonds is 6. The van der Waals surface area contributed by atoms with Crippen molar-refractivity contribution in [1.82, 2.24) is 25.3 Å². The first kappa shape index (κ1) is 18.2. The third-order valence-electron chi connectivity index (χ3n) is 4.99. The third-order valence-corrected chi connectivity index (χ3v) is 4.99. The van der Waals surface area contributed by atoms with Crippen LogP contribution < -0.4 is 5.32 Å². The maximum absolute atomic E-state index is 14.1. The summed E-state index contributed by atoms with van der Waals surface area (Å²) in [5, 5.41) is 7.10. The highest BCUT2D eigenvalue weighted by Gasteiger charge is 2.46. The second kappa shape index (κ2) is 7.47. The summed E-state index contributed by atoms with van der Waals surface area (Å²) in [5.41, 5.74) is 0.673. The monoisotopic (exact) mass is 381 g/mol. The lowest BCUT2D eigenvalue weighted by Crippen LogP contribution is -2.62. The van der Waals surface area contributed by atoms with Crippen molar-refractivity contribution in [3.63, 3.8) is 0 Å². The van der Waals surface area contributed by atoms with Crippen molar-refractivity contribution in [2.45, 2.75) is 13.0 Å². The molecule has 144 valence electrons. The van der Waals surface area contributed by atoms with Gasteiger partial charge in [0.1, 0.15) is 5.82 Å². The van der Waals surface area contributed by atoms with Crippen molar-refractivity contribution < 1.29 is 13.7 Å². The molecule has 1 aliphatic heterocycles. The van der Waals surface area contributed by atoms with E-state index in [1.54, 1.807) is 54.7 Å². The molecule has 7 nitrogen and oxygen atoms in total. The molecule has 0 radical (unpaired) electrons. The second-order valence-corrected chi connectivity index (χ2v) is 7.06. The van der Waals surface area contributed by atoms with Crippen molar-refractivity contribution in [2.24, 2.45) is 5.41 Å². The van der Waals surface area contributed by atoms with Crippen LogP contribution in [0.15, 0.2) is 53.3 Å². The minimum atomic E-state index is -0.662. The number of benzene rings is 1. The molecule has 1 saturated heterocycles. The predicted molar refractivity (Wildman–Crippen MR) is 99.4 cm³/mol. The standard InChI is InChI=1S/C20H20FN5O2/c1-26(11-17-24-18(25-28-17)14-6-8-22-9-7-14)19(27)20(12-23-13-20)10-15-4-2-3-5-16(15)21/h2-9,23H,10-13H2,1H3. The van der Waals surface area contributed by atoms with Gasteiger partial charge in [-0.15, -0.1) is 0 Å². The highest BCUT2D eigenvalue weighted by atomic mass is 19.1. The lowest BCUT2D eigenvalue weighted by molar-refractivity contribution is -0.144. The number of nitrogens with zero attached hydrogens (tertiary/aromatic N) is 4. The van der Waals surface area contributed by atoms with Crippen molar-refractivity contribution in [1.29, 1.82) is 0 Å². The highest BCUT2D eigenvalue weighted by Crippen LogP contribution is 2.31. The Kier molecular flexibility index (Phi) is 4.87. The first-order valence-electron chi connectivity index (χ1n) is 9.00. The summed E-state index contributed by atoms with van der Waals surface area (Å²) >= 11 is 0. The van der Waals surface area contributed by atoms with E-state index in [1.165, 1.54) is 6.07 Å². The van der Waals surface area contributed by atoms with Gasteiger partial charge in [0.25, 0.3) is 0 Å². The molecular formula is C20H20FN5O2. The lowest BCUT2D eigenvalue weighted by Gasteiger charge is -2.43. The van der Waals surface area contributed by atoms with E-state index in [0.29, 0.717) is 36.8 Å². The van der Waals surface area contributed by atoms with E-state index in [-0.39, 0.29) is 18.3 Å². The number of carbonyl (C=O) groups excluding carboxylic acids is 1. The molecule has 3 heterocycles. The summed E-state index contributed by atoms with van der Waals surface area (Å²) in [6.45, 7) is 1.21. The molecule has 1 fully saturated rings. The summed E-state index contributed by atoms with van der Waals surface area (Å²) < 4.78 is 19.4. The van der Waals surface area contributed by atoms with Gasteiger partial charge in [0.15, 0.2) is 0 Å². The van der Waals surface area contributed by atoms with Gasteiger partial charge in [0.05, 0.1) is 12.0 Å². The summed E-state index contributed by atoms with van der Waals surface area (Å²) in [4.78, 5) is 23.0. The molecule has 1 amide bonds. The number of pyridine rings is 1. The van der Waals surface area contributed by atoms with Crippen LogP contribution in [0.25, 0.3) is 11.4 Å². The van der Waals surface area contributed by atoms with Crippen LogP contribution in [-0.4, -0.2) is 46.1 Å². The number of amides is 1. The van der Waals surface area contributed by atoms with E-state index in [4.69, 9.17) is 4.52 Å². The van der Waals surface area contributed by atoms with Crippen LogP contribution in [0.1, 0.15) is 11.5 Å². The zero-order valence-electron chi connectivity index (χ0n) is 15.4. The number of hydrogen-bond donors (Lipinski definition) is 1. The minimum absolute atomic E-state index is 0.0711. The molecule has 2 aromatic heterocycles. The normalized spacial score (nSPS) is 15.1. The van der Waals surface area contributed by atoms with Gasteiger partial charge in [0, 0.05) is 38.1 Å². The van der Waals surface area contributed by atoms with Gasteiger partial charge in [-0.05, 0) is 30.2 Å². The van der Waals surface area contributed by atoms with E-state index >= 15 is 0 Å². The zero-order chi connectivity index (χ0) is 19.6. The molecule has 3 aromatic rings. The smallest absolute Gasteiger partial charge is 0.246 e. The largest absolute Gasteiger partial charge is 0.337 e. The fourth-order valence-electron chi connectivity index (χ4n) is 3.40. The summed E-state index contributed by atoms with van der Waals surface area (Å²) in [6.07, 6.45) is 3.65. The van der Waals surface area contributed by atoms with Crippen LogP contribution in [0, 0.1) is 11.2 Å². The topological polar surface area (TPSA) is 84.2 Å². The molecule has 1 N–H and O–H groups in total. The molecule has 0 saturated carbocycles. The Morgan fingerprint density at radius 2 is 2.00 bits per heavy atom. The molecule has 0 atom stereocenters. The second-order valence-electron chi connectivity index (χ2n) is 7.06. The zero-order valence-corrected chi connectivity index (χ0v) is 15.4. The molecule has 0 spiro atoms. The van der Waals surface area contributed by atoms with E-state index in [9.17, 15) is 9.18 Å². The Balaban J connectivity index is 1.47. The first-order valence-corrected chi connectivity index (χ1v) is 9.00. The van der Waals surface area contributed by atoms with Gasteiger partial charge < -0.3 is 14.7 Å². The van der Waals surface area contributed by atoms with E-state index in [1.807, 2.05) is 0 Å². The van der Waals surface area contributed by atoms with Crippen LogP contribution in [0.5, 0.6) is 0 Å². The Hall–Kier alpha value is -3.13. The maximum Gasteiger partial charge on any atom is 0.246 e. The fourth-order valence-corrected chi connectivity index (χ4v) is 3.40. The fraction of sp³-hybridized carbons (Fsp3) is 0.300. The molecular weight excluding hydrogens is 361 g/mol. The molecule has 8 heteroatoms. The predicted octanol–water partition coefficient (Wildman–Crippen LogP) is 2.06. The maximum atomic E-state index is 14.1. The highest BCUT2D eigenvalue weighted by molar-refractivity contribution is 5.84. The molecule has 1 aliphatic rings. The Morgan fingerprint density at radius 1 is 1.25 bits per heavy atom. The van der Waals surface area contributed by atoms with Crippen molar-refractivity contribution >= 4 is 5.91 Å². The number of nitrogens with one attached hydrogen (secondary N) is 1. The van der Waals surface area contributed by atoms with E-state index < -0.39 is 5.41 Å². The molecule has 0 bridgehead atoms. The average Bonchev–Trinajstić information content (AvgIpc) is 3.15. The number of halogens is 1. The molecule has 0 unspecified atom stereocenters. The van der Waals surface area contributed by atoms with Gasteiger partial charge in [0.2, 0.25) is 17.6 Å². The van der Waals surface area contributed by atoms with Gasteiger partial charge in [-0.2, -0.15) is 4.98 Å². The van der Waals surface area contributed by atoms with Crippen LogP contribution in [-0.2, 0) is 17.8 Å². The van der Waals surface area contributed by atoms with Gasteiger partial charge in [-0.25, -0.2) is 4.39 Å². The number of aromatic nitrogens is 3. The van der Waals surface area contributed by atoms with Crippen molar-refractivity contribution in [3.8, 4) is 11.4 Å². The lowest BCUT2D eigenvalue weighted by atomic mass is 9.75. The summed E-state index contributed by atoms with van der Waals surface area (Å²) in [7, 11) is 1.69. The van der Waals surface area contributed by atoms with Gasteiger partial charge in [-0.3, -0.25) is 9.78 Å². The average molecular weight is 381 g/mol. The minimum Gasteiger partial charge on any atom is -0.337 e. The van der Waals surface area contributed by atoms with Crippen LogP contribution in [0.3, 0.4) is 0 Å². The van der Waals surface area contributed by atoms with Crippen molar-refractivity contribution in [2.75, 3.05) is 20.1 Å². The molecule has 28 heavy (non-hydrogen) atoms. The van der Waals surface area contributed by atoms with E-state index in [0.717, 1.165) is 5.56 Å². The van der Waals surface area contributed by atoms with Gasteiger partial charge in [-0.1, -0.05) is 23.4 Å². The summed E-state index contributed by atoms with van der Waals surface area (Å²) in [5.74, 6) is 0.432. The van der Waals surface area contributed by atoms with Crippen LogP contribution in [0.2, 0.25) is 0 Å². The van der Waals surface area contributed by atoms with Crippen molar-refractivity contribution in [3.05, 3.63) is 66.1 Å². The molecule has 0 aliphatic carbocycles. The third kappa shape index (κ3) is 3.50. The number of carbonyl (C=O) groups is 1. The number of hydrogen-bond acceptors (Lipinski definition) is 6.